The van der Waals surface area contributed by atoms with E-state index < -0.39 is 0 Å². The Balaban J connectivity index is 2.44. The predicted octanol–water partition coefficient (Wildman–Crippen LogP) is 3.92. The molecule has 0 saturated carbocycles. The Kier molecular flexibility index (Phi) is 3.76. The van der Waals surface area contributed by atoms with Gasteiger partial charge < -0.3 is 10.2 Å². The van der Waals surface area contributed by atoms with E-state index in [-0.39, 0.29) is 6.04 Å². The van der Waals surface area contributed by atoms with Gasteiger partial charge in [0.15, 0.2) is 5.76 Å². The minimum atomic E-state index is -0.153. The topological polar surface area (TPSA) is 52.0 Å². The predicted molar refractivity (Wildman–Crippen MR) is 77.9 cm³/mol. The quantitative estimate of drug-likeness (QED) is 0.907. The minimum absolute atomic E-state index is 0.153. The molecule has 0 aliphatic rings. The summed E-state index contributed by atoms with van der Waals surface area (Å²) in [7, 11) is 0. The highest BCUT2D eigenvalue weighted by molar-refractivity contribution is 5.66. The molecule has 2 rings (SSSR count). The highest BCUT2D eigenvalue weighted by Crippen LogP contribution is 2.30. The number of nitrogens with zero attached hydrogens (tertiary/aromatic N) is 1. The van der Waals surface area contributed by atoms with Crippen LogP contribution in [0.15, 0.2) is 22.7 Å². The van der Waals surface area contributed by atoms with E-state index >= 15 is 0 Å². The molecule has 2 N–H and O–H groups in total. The first-order valence-corrected chi connectivity index (χ1v) is 6.69. The molecule has 0 aliphatic carbocycles. The normalized spacial score (nSPS) is 13.0. The molecule has 0 fully saturated rings. The van der Waals surface area contributed by atoms with Gasteiger partial charge in [0.25, 0.3) is 0 Å². The summed E-state index contributed by atoms with van der Waals surface area (Å²) in [5.41, 5.74) is 10.9. The van der Waals surface area contributed by atoms with Gasteiger partial charge in [0.1, 0.15) is 0 Å². The van der Waals surface area contributed by atoms with Crippen LogP contribution in [0.25, 0.3) is 11.3 Å². The van der Waals surface area contributed by atoms with Crippen LogP contribution in [0, 0.1) is 26.7 Å². The van der Waals surface area contributed by atoms with E-state index in [1.54, 1.807) is 6.20 Å². The van der Waals surface area contributed by atoms with E-state index in [2.05, 4.69) is 51.7 Å². The maximum Gasteiger partial charge on any atom is 0.212 e. The third-order valence-corrected chi connectivity index (χ3v) is 3.45. The third-order valence-electron chi connectivity index (χ3n) is 3.45. The fourth-order valence-electron chi connectivity index (χ4n) is 2.41. The Labute approximate surface area is 114 Å². The van der Waals surface area contributed by atoms with Gasteiger partial charge in [-0.15, -0.1) is 0 Å². The van der Waals surface area contributed by atoms with E-state index in [1.165, 1.54) is 16.7 Å². The zero-order valence-corrected chi connectivity index (χ0v) is 12.3. The van der Waals surface area contributed by atoms with E-state index in [1.807, 2.05) is 0 Å². The van der Waals surface area contributed by atoms with Crippen LogP contribution in [0.1, 0.15) is 42.5 Å². The summed E-state index contributed by atoms with van der Waals surface area (Å²) in [5.74, 6) is 1.73. The number of nitrogens with two attached hydrogens (primary N) is 1. The van der Waals surface area contributed by atoms with Gasteiger partial charge in [0.05, 0.1) is 12.2 Å². The molecular formula is C16H22N2O. The standard InChI is InChI=1S/C16H22N2O/c1-9(2)15(17)16-18-8-13(19-16)14-11(4)6-10(3)7-12(14)5/h6-9,15H,17H2,1-5H3. The fourth-order valence-corrected chi connectivity index (χ4v) is 2.41. The molecule has 0 saturated heterocycles. The Morgan fingerprint density at radius 1 is 1.11 bits per heavy atom. The van der Waals surface area contributed by atoms with Crippen molar-refractivity contribution in [3.63, 3.8) is 0 Å². The highest BCUT2D eigenvalue weighted by atomic mass is 16.4. The summed E-state index contributed by atoms with van der Waals surface area (Å²) in [6.45, 7) is 10.4. The van der Waals surface area contributed by atoms with Gasteiger partial charge >= 0.3 is 0 Å². The average Bonchev–Trinajstić information content (AvgIpc) is 2.75. The van der Waals surface area contributed by atoms with Crippen molar-refractivity contribution in [3.05, 3.63) is 40.9 Å². The van der Waals surface area contributed by atoms with Crippen LogP contribution in [-0.4, -0.2) is 4.98 Å². The average molecular weight is 258 g/mol. The van der Waals surface area contributed by atoms with Gasteiger partial charge in [-0.1, -0.05) is 31.5 Å². The second kappa shape index (κ2) is 5.17. The Hall–Kier alpha value is -1.61. The van der Waals surface area contributed by atoms with Crippen molar-refractivity contribution in [3.8, 4) is 11.3 Å². The van der Waals surface area contributed by atoms with Crippen LogP contribution in [0.5, 0.6) is 0 Å². The molecule has 1 aromatic heterocycles. The van der Waals surface area contributed by atoms with Gasteiger partial charge in [-0.3, -0.25) is 0 Å². The molecule has 1 unspecified atom stereocenters. The first-order valence-electron chi connectivity index (χ1n) is 6.69. The highest BCUT2D eigenvalue weighted by Gasteiger charge is 2.18. The van der Waals surface area contributed by atoms with E-state index in [9.17, 15) is 0 Å². The van der Waals surface area contributed by atoms with Crippen LogP contribution in [-0.2, 0) is 0 Å². The monoisotopic (exact) mass is 258 g/mol. The first kappa shape index (κ1) is 13.8. The molecule has 1 aromatic carbocycles. The number of aryl methyl sites for hydroxylation is 3. The number of oxazole rings is 1. The van der Waals surface area contributed by atoms with E-state index in [0.29, 0.717) is 11.8 Å². The minimum Gasteiger partial charge on any atom is -0.439 e. The lowest BCUT2D eigenvalue weighted by Gasteiger charge is -2.11. The number of benzene rings is 1. The van der Waals surface area contributed by atoms with Crippen molar-refractivity contribution in [2.24, 2.45) is 11.7 Å². The molecule has 0 aliphatic heterocycles. The maximum atomic E-state index is 6.07. The number of aromatic nitrogens is 1. The van der Waals surface area contributed by atoms with E-state index in [0.717, 1.165) is 11.3 Å². The van der Waals surface area contributed by atoms with Gasteiger partial charge in [-0.05, 0) is 37.8 Å². The zero-order chi connectivity index (χ0) is 14.2. The lowest BCUT2D eigenvalue weighted by atomic mass is 9.98. The second-order valence-electron chi connectivity index (χ2n) is 5.61. The molecule has 2 aromatic rings. The molecule has 102 valence electrons. The summed E-state index contributed by atoms with van der Waals surface area (Å²) in [4.78, 5) is 4.33. The molecular weight excluding hydrogens is 236 g/mol. The van der Waals surface area contributed by atoms with Crippen LogP contribution in [0.2, 0.25) is 0 Å². The number of rotatable bonds is 3. The molecule has 3 nitrogen and oxygen atoms in total. The largest absolute Gasteiger partial charge is 0.439 e. The van der Waals surface area contributed by atoms with Gasteiger partial charge in [-0.2, -0.15) is 0 Å². The molecule has 1 heterocycles. The lowest BCUT2D eigenvalue weighted by Crippen LogP contribution is -2.16. The Morgan fingerprint density at radius 3 is 2.21 bits per heavy atom. The molecule has 3 heteroatoms. The summed E-state index contributed by atoms with van der Waals surface area (Å²) in [5, 5.41) is 0. The van der Waals surface area contributed by atoms with Crippen molar-refractivity contribution >= 4 is 0 Å². The molecule has 0 radical (unpaired) electrons. The first-order chi connectivity index (χ1) is 8.90. The summed E-state index contributed by atoms with van der Waals surface area (Å²) in [6.07, 6.45) is 1.78. The van der Waals surface area contributed by atoms with Crippen LogP contribution < -0.4 is 5.73 Å². The summed E-state index contributed by atoms with van der Waals surface area (Å²) < 4.78 is 5.86. The van der Waals surface area contributed by atoms with Crippen molar-refractivity contribution < 1.29 is 4.42 Å². The fraction of sp³-hybridized carbons (Fsp3) is 0.438. The smallest absolute Gasteiger partial charge is 0.212 e. The molecule has 1 atom stereocenters. The Bertz CT molecular complexity index is 561. The van der Waals surface area contributed by atoms with Crippen LogP contribution in [0.3, 0.4) is 0 Å². The molecule has 0 amide bonds. The van der Waals surface area contributed by atoms with E-state index in [4.69, 9.17) is 10.2 Å². The number of hydrogen-bond donors (Lipinski definition) is 1. The molecule has 19 heavy (non-hydrogen) atoms. The Morgan fingerprint density at radius 2 is 1.68 bits per heavy atom. The summed E-state index contributed by atoms with van der Waals surface area (Å²) in [6, 6.07) is 4.17. The SMILES string of the molecule is Cc1cc(C)c(-c2cnc(C(N)C(C)C)o2)c(C)c1. The van der Waals surface area contributed by atoms with Crippen molar-refractivity contribution in [1.29, 1.82) is 0 Å². The number of hydrogen-bond acceptors (Lipinski definition) is 3. The second-order valence-corrected chi connectivity index (χ2v) is 5.61. The van der Waals surface area contributed by atoms with Gasteiger partial charge in [-0.25, -0.2) is 4.98 Å². The van der Waals surface area contributed by atoms with Crippen molar-refractivity contribution in [2.45, 2.75) is 40.7 Å². The van der Waals surface area contributed by atoms with Crippen molar-refractivity contribution in [2.75, 3.05) is 0 Å². The summed E-state index contributed by atoms with van der Waals surface area (Å²) >= 11 is 0. The van der Waals surface area contributed by atoms with Crippen molar-refractivity contribution in [1.82, 2.24) is 4.98 Å². The maximum absolute atomic E-state index is 6.07. The molecule has 0 bridgehead atoms. The van der Waals surface area contributed by atoms with Crippen LogP contribution >= 0.6 is 0 Å². The van der Waals surface area contributed by atoms with Crippen LogP contribution in [0.4, 0.5) is 0 Å². The zero-order valence-electron chi connectivity index (χ0n) is 12.3. The van der Waals surface area contributed by atoms with Gasteiger partial charge in [0.2, 0.25) is 5.89 Å². The van der Waals surface area contributed by atoms with Gasteiger partial charge in [0, 0.05) is 5.56 Å². The lowest BCUT2D eigenvalue weighted by molar-refractivity contribution is 0.394. The third kappa shape index (κ3) is 2.71. The molecule has 0 spiro atoms.